The third-order valence-electron chi connectivity index (χ3n) is 6.59. The fourth-order valence-corrected chi connectivity index (χ4v) is 5.78. The molecule has 4 atom stereocenters. The second kappa shape index (κ2) is 14.1. The summed E-state index contributed by atoms with van der Waals surface area (Å²) in [4.78, 5) is 13.0. The third-order valence-corrected chi connectivity index (χ3v) is 8.42. The molecular weight excluding hydrogens is 530 g/mol. The Morgan fingerprint density at radius 2 is 1.74 bits per heavy atom. The van der Waals surface area contributed by atoms with Crippen molar-refractivity contribution in [2.24, 2.45) is 17.6 Å². The van der Waals surface area contributed by atoms with Crippen molar-refractivity contribution in [2.75, 3.05) is 19.9 Å². The molecule has 0 radical (unpaired) electrons. The summed E-state index contributed by atoms with van der Waals surface area (Å²) in [6.07, 6.45) is -0.132. The molecule has 0 fully saturated rings. The van der Waals surface area contributed by atoms with Crippen molar-refractivity contribution in [3.63, 3.8) is 0 Å². The van der Waals surface area contributed by atoms with Crippen LogP contribution in [0.15, 0.2) is 53.4 Å². The minimum Gasteiger partial charge on any atom is -0.454 e. The lowest BCUT2D eigenvalue weighted by Crippen LogP contribution is -2.55. The van der Waals surface area contributed by atoms with Crippen molar-refractivity contribution < 1.29 is 27.8 Å². The molecule has 2 aromatic rings. The molecule has 0 bridgehead atoms. The minimum absolute atomic E-state index is 0. The van der Waals surface area contributed by atoms with E-state index >= 15 is 0 Å². The Hall–Kier alpha value is -2.37. The van der Waals surface area contributed by atoms with Gasteiger partial charge in [-0.2, -0.15) is 4.31 Å². The summed E-state index contributed by atoms with van der Waals surface area (Å²) in [6, 6.07) is 12.4. The molecule has 11 heteroatoms. The lowest BCUT2D eigenvalue weighted by atomic mass is 9.97. The van der Waals surface area contributed by atoms with Gasteiger partial charge in [0.05, 0.1) is 23.1 Å². The number of aliphatic hydroxyl groups excluding tert-OH is 1. The number of halogens is 1. The molecule has 0 aromatic heterocycles. The number of fused-ring (bicyclic) bond motifs is 1. The molecule has 212 valence electrons. The summed E-state index contributed by atoms with van der Waals surface area (Å²) in [5.41, 5.74) is 7.05. The number of ether oxygens (including phenoxy) is 2. The van der Waals surface area contributed by atoms with Crippen LogP contribution < -0.4 is 20.5 Å². The predicted octanol–water partition coefficient (Wildman–Crippen LogP) is 2.95. The standard InChI is InChI=1S/C27H39N3O6S.ClH/c1-5-19(4)26(28)27(32)29-22(13-20-9-7-6-8-10-20)23(31)16-30(15-18(2)3)37(33,34)21-11-12-24-25(14-21)36-17-35-24;/h6-12,14,18-19,22-23,26,31H,5,13,15-17,28H2,1-4H3,(H,29,32);1H/t19-,22?,23+,26-;/m0./s1. The monoisotopic (exact) mass is 569 g/mol. The largest absolute Gasteiger partial charge is 0.454 e. The topological polar surface area (TPSA) is 131 Å². The average molecular weight is 570 g/mol. The molecule has 4 N–H and O–H groups in total. The summed E-state index contributed by atoms with van der Waals surface area (Å²) in [5, 5.41) is 14.2. The van der Waals surface area contributed by atoms with E-state index in [1.165, 1.54) is 16.4 Å². The van der Waals surface area contributed by atoms with Crippen molar-refractivity contribution in [1.29, 1.82) is 0 Å². The number of nitrogens with zero attached hydrogens (tertiary/aromatic N) is 1. The summed E-state index contributed by atoms with van der Waals surface area (Å²) in [5.74, 6) is 0.427. The Bertz CT molecular complexity index is 1150. The Morgan fingerprint density at radius 1 is 1.08 bits per heavy atom. The van der Waals surface area contributed by atoms with Gasteiger partial charge in [0.1, 0.15) is 0 Å². The zero-order chi connectivity index (χ0) is 27.2. The van der Waals surface area contributed by atoms with Crippen molar-refractivity contribution in [2.45, 2.75) is 63.6 Å². The Kier molecular flexibility index (Phi) is 11.8. The first kappa shape index (κ1) is 31.8. The van der Waals surface area contributed by atoms with Crippen molar-refractivity contribution >= 4 is 28.3 Å². The van der Waals surface area contributed by atoms with Crippen LogP contribution in [0.3, 0.4) is 0 Å². The maximum atomic E-state index is 13.7. The van der Waals surface area contributed by atoms with E-state index in [1.54, 1.807) is 6.07 Å². The second-order valence-corrected chi connectivity index (χ2v) is 12.0. The van der Waals surface area contributed by atoms with Gasteiger partial charge in [-0.25, -0.2) is 8.42 Å². The number of nitrogens with two attached hydrogens (primary N) is 1. The normalized spacial score (nSPS) is 16.0. The van der Waals surface area contributed by atoms with Gasteiger partial charge in [-0.05, 0) is 36.0 Å². The first-order chi connectivity index (χ1) is 17.5. The number of hydrogen-bond donors (Lipinski definition) is 3. The van der Waals surface area contributed by atoms with Crippen LogP contribution in [0.25, 0.3) is 0 Å². The smallest absolute Gasteiger partial charge is 0.243 e. The maximum absolute atomic E-state index is 13.7. The number of nitrogens with one attached hydrogen (secondary N) is 1. The van der Waals surface area contributed by atoms with Crippen molar-refractivity contribution in [1.82, 2.24) is 9.62 Å². The number of rotatable bonds is 13. The van der Waals surface area contributed by atoms with Crippen LogP contribution in [0, 0.1) is 11.8 Å². The van der Waals surface area contributed by atoms with Gasteiger partial charge in [0.2, 0.25) is 22.7 Å². The maximum Gasteiger partial charge on any atom is 0.243 e. The van der Waals surface area contributed by atoms with E-state index in [0.717, 1.165) is 12.0 Å². The summed E-state index contributed by atoms with van der Waals surface area (Å²) >= 11 is 0. The number of sulfonamides is 1. The number of benzene rings is 2. The number of hydrogen-bond acceptors (Lipinski definition) is 7. The highest BCUT2D eigenvalue weighted by Crippen LogP contribution is 2.34. The molecule has 0 saturated carbocycles. The van der Waals surface area contributed by atoms with E-state index in [9.17, 15) is 18.3 Å². The molecule has 0 spiro atoms. The van der Waals surface area contributed by atoms with Gasteiger partial charge in [0, 0.05) is 19.2 Å². The lowest BCUT2D eigenvalue weighted by molar-refractivity contribution is -0.125. The van der Waals surface area contributed by atoms with Gasteiger partial charge in [-0.3, -0.25) is 4.79 Å². The SMILES string of the molecule is CC[C@H](C)[C@H](N)C(=O)NC(Cc1ccccc1)[C@H](O)CN(CC(C)C)S(=O)(=O)c1ccc2c(c1)OCO2.Cl. The van der Waals surface area contributed by atoms with E-state index in [1.807, 2.05) is 58.0 Å². The molecule has 0 saturated heterocycles. The van der Waals surface area contributed by atoms with Crippen molar-refractivity contribution in [3.8, 4) is 11.5 Å². The van der Waals surface area contributed by atoms with Gasteiger partial charge >= 0.3 is 0 Å². The lowest BCUT2D eigenvalue weighted by Gasteiger charge is -2.31. The average Bonchev–Trinajstić information content (AvgIpc) is 3.35. The van der Waals surface area contributed by atoms with Crippen LogP contribution in [-0.4, -0.2) is 61.8 Å². The molecule has 1 amide bonds. The zero-order valence-electron chi connectivity index (χ0n) is 22.4. The summed E-state index contributed by atoms with van der Waals surface area (Å²) < 4.78 is 39.2. The highest BCUT2D eigenvalue weighted by molar-refractivity contribution is 7.89. The molecule has 1 unspecified atom stereocenters. The van der Waals surface area contributed by atoms with Gasteiger partial charge in [0.15, 0.2) is 11.5 Å². The molecule has 0 aliphatic carbocycles. The quantitative estimate of drug-likeness (QED) is 0.338. The minimum atomic E-state index is -3.98. The first-order valence-electron chi connectivity index (χ1n) is 12.7. The number of carbonyl (C=O) groups is 1. The van der Waals surface area contributed by atoms with Crippen LogP contribution in [-0.2, 0) is 21.2 Å². The predicted molar refractivity (Wildman–Crippen MR) is 149 cm³/mol. The third kappa shape index (κ3) is 8.07. The summed E-state index contributed by atoms with van der Waals surface area (Å²) in [7, 11) is -3.98. The van der Waals surface area contributed by atoms with Gasteiger partial charge < -0.3 is 25.6 Å². The second-order valence-electron chi connectivity index (χ2n) is 10.0. The van der Waals surface area contributed by atoms with E-state index in [-0.39, 0.29) is 54.9 Å². The molecule has 38 heavy (non-hydrogen) atoms. The van der Waals surface area contributed by atoms with Crippen LogP contribution in [0.2, 0.25) is 0 Å². The van der Waals surface area contributed by atoms with E-state index in [0.29, 0.717) is 17.9 Å². The van der Waals surface area contributed by atoms with Gasteiger partial charge in [-0.15, -0.1) is 12.4 Å². The van der Waals surface area contributed by atoms with Crippen LogP contribution in [0.5, 0.6) is 11.5 Å². The molecule has 1 aliphatic heterocycles. The number of carbonyl (C=O) groups excluding carboxylic acids is 1. The van der Waals surface area contributed by atoms with E-state index in [4.69, 9.17) is 15.2 Å². The highest BCUT2D eigenvalue weighted by Gasteiger charge is 2.33. The Balaban J connectivity index is 0.00000507. The molecule has 1 aliphatic rings. The van der Waals surface area contributed by atoms with E-state index in [2.05, 4.69) is 5.32 Å². The van der Waals surface area contributed by atoms with Crippen molar-refractivity contribution in [3.05, 3.63) is 54.1 Å². The van der Waals surface area contributed by atoms with Gasteiger partial charge in [0.25, 0.3) is 0 Å². The van der Waals surface area contributed by atoms with Gasteiger partial charge in [-0.1, -0.05) is 64.4 Å². The fraction of sp³-hybridized carbons (Fsp3) is 0.519. The van der Waals surface area contributed by atoms with Crippen LogP contribution in [0.1, 0.15) is 39.7 Å². The highest BCUT2D eigenvalue weighted by atomic mass is 35.5. The number of aliphatic hydroxyl groups is 1. The molecule has 9 nitrogen and oxygen atoms in total. The zero-order valence-corrected chi connectivity index (χ0v) is 24.0. The molecular formula is C27H40ClN3O6S. The fourth-order valence-electron chi connectivity index (χ4n) is 4.14. The molecule has 3 rings (SSSR count). The molecule has 1 heterocycles. The van der Waals surface area contributed by atoms with Crippen LogP contribution in [0.4, 0.5) is 0 Å². The van der Waals surface area contributed by atoms with Crippen LogP contribution >= 0.6 is 12.4 Å². The Labute approximate surface area is 232 Å². The van der Waals surface area contributed by atoms with E-state index < -0.39 is 28.2 Å². The Morgan fingerprint density at radius 3 is 2.37 bits per heavy atom. The summed E-state index contributed by atoms with van der Waals surface area (Å²) in [6.45, 7) is 7.68. The first-order valence-corrected chi connectivity index (χ1v) is 14.1. The number of amides is 1. The molecule has 2 aromatic carbocycles.